The molecule has 3 aromatic rings. The molecule has 1 aromatic carbocycles. The van der Waals surface area contributed by atoms with Crippen molar-refractivity contribution in [3.63, 3.8) is 0 Å². The van der Waals surface area contributed by atoms with Crippen molar-refractivity contribution in [1.82, 2.24) is 0 Å². The highest BCUT2D eigenvalue weighted by Gasteiger charge is 2.12. The van der Waals surface area contributed by atoms with E-state index in [0.29, 0.717) is 12.8 Å². The van der Waals surface area contributed by atoms with Gasteiger partial charge in [0.05, 0.1) is 12.5 Å². The van der Waals surface area contributed by atoms with Crippen LogP contribution in [0.2, 0.25) is 0 Å². The zero-order valence-corrected chi connectivity index (χ0v) is 9.68. The van der Waals surface area contributed by atoms with E-state index in [1.807, 2.05) is 18.2 Å². The second kappa shape index (κ2) is 4.22. The molecule has 1 N–H and O–H groups in total. The van der Waals surface area contributed by atoms with E-state index in [1.165, 1.54) is 0 Å². The molecule has 0 aliphatic carbocycles. The van der Waals surface area contributed by atoms with Gasteiger partial charge in [0, 0.05) is 22.8 Å². The van der Waals surface area contributed by atoms with E-state index in [0.717, 1.165) is 27.5 Å². The fraction of sp³-hybridized carbons (Fsp3) is 0.214. The average Bonchev–Trinajstić information content (AvgIpc) is 2.95. The summed E-state index contributed by atoms with van der Waals surface area (Å²) >= 11 is 0. The van der Waals surface area contributed by atoms with Crippen molar-refractivity contribution in [3.8, 4) is 0 Å². The summed E-state index contributed by atoms with van der Waals surface area (Å²) in [6.07, 6.45) is 4.72. The molecule has 0 bridgehead atoms. The van der Waals surface area contributed by atoms with Gasteiger partial charge in [0.1, 0.15) is 11.2 Å². The summed E-state index contributed by atoms with van der Waals surface area (Å²) in [5, 5.41) is 10.7. The molecule has 18 heavy (non-hydrogen) atoms. The number of carbonyl (C=O) groups is 1. The molecule has 0 aliphatic rings. The molecular weight excluding hydrogens is 232 g/mol. The monoisotopic (exact) mass is 244 g/mol. The zero-order valence-electron chi connectivity index (χ0n) is 9.68. The zero-order chi connectivity index (χ0) is 12.5. The van der Waals surface area contributed by atoms with E-state index in [4.69, 9.17) is 13.9 Å². The summed E-state index contributed by atoms with van der Waals surface area (Å²) in [4.78, 5) is 10.6. The number of aryl methyl sites for hydroxylation is 1. The molecular formula is C14H12O4. The van der Waals surface area contributed by atoms with E-state index in [9.17, 15) is 4.79 Å². The maximum atomic E-state index is 10.6. The summed E-state index contributed by atoms with van der Waals surface area (Å²) in [7, 11) is 0. The summed E-state index contributed by atoms with van der Waals surface area (Å²) in [5.74, 6) is -0.773. The van der Waals surface area contributed by atoms with Crippen molar-refractivity contribution in [3.05, 3.63) is 36.3 Å². The number of rotatable bonds is 4. The third-order valence-corrected chi connectivity index (χ3v) is 3.09. The molecule has 0 aliphatic heterocycles. The number of fused-ring (bicyclic) bond motifs is 2. The Morgan fingerprint density at radius 3 is 2.89 bits per heavy atom. The normalized spacial score (nSPS) is 11.3. The molecule has 4 heteroatoms. The molecule has 0 unspecified atom stereocenters. The molecule has 0 amide bonds. The number of furan rings is 2. The Morgan fingerprint density at radius 1 is 1.22 bits per heavy atom. The van der Waals surface area contributed by atoms with Crippen LogP contribution in [0.15, 0.2) is 39.6 Å². The smallest absolute Gasteiger partial charge is 0.303 e. The van der Waals surface area contributed by atoms with Gasteiger partial charge in [-0.25, -0.2) is 0 Å². The van der Waals surface area contributed by atoms with Gasteiger partial charge in [0.2, 0.25) is 0 Å². The second-order valence-corrected chi connectivity index (χ2v) is 4.27. The molecule has 92 valence electrons. The van der Waals surface area contributed by atoms with Gasteiger partial charge >= 0.3 is 5.97 Å². The summed E-state index contributed by atoms with van der Waals surface area (Å²) in [6, 6.07) is 5.72. The fourth-order valence-corrected chi connectivity index (χ4v) is 2.29. The van der Waals surface area contributed by atoms with Crippen LogP contribution in [-0.4, -0.2) is 11.1 Å². The Hall–Kier alpha value is -2.23. The van der Waals surface area contributed by atoms with Crippen LogP contribution in [0.25, 0.3) is 21.9 Å². The van der Waals surface area contributed by atoms with Crippen LogP contribution in [0.3, 0.4) is 0 Å². The lowest BCUT2D eigenvalue weighted by Crippen LogP contribution is -1.96. The van der Waals surface area contributed by atoms with E-state index >= 15 is 0 Å². The highest BCUT2D eigenvalue weighted by atomic mass is 16.4. The Morgan fingerprint density at radius 2 is 2.06 bits per heavy atom. The van der Waals surface area contributed by atoms with Gasteiger partial charge < -0.3 is 13.9 Å². The van der Waals surface area contributed by atoms with Crippen LogP contribution in [0.5, 0.6) is 0 Å². The summed E-state index contributed by atoms with van der Waals surface area (Å²) in [5.41, 5.74) is 2.67. The summed E-state index contributed by atoms with van der Waals surface area (Å²) in [6.45, 7) is 0. The first-order valence-electron chi connectivity index (χ1n) is 5.84. The number of aliphatic carboxylic acids is 1. The second-order valence-electron chi connectivity index (χ2n) is 4.27. The molecule has 0 saturated heterocycles. The van der Waals surface area contributed by atoms with Crippen LogP contribution < -0.4 is 0 Å². The molecule has 0 saturated carbocycles. The first kappa shape index (κ1) is 10.9. The van der Waals surface area contributed by atoms with Crippen LogP contribution in [0, 0.1) is 0 Å². The topological polar surface area (TPSA) is 63.6 Å². The largest absolute Gasteiger partial charge is 0.481 e. The van der Waals surface area contributed by atoms with Crippen molar-refractivity contribution in [1.29, 1.82) is 0 Å². The van der Waals surface area contributed by atoms with Crippen LogP contribution in [-0.2, 0) is 11.2 Å². The third kappa shape index (κ3) is 1.76. The van der Waals surface area contributed by atoms with Crippen LogP contribution in [0.1, 0.15) is 18.4 Å². The quantitative estimate of drug-likeness (QED) is 0.761. The lowest BCUT2D eigenvalue weighted by Gasteiger charge is -2.03. The lowest BCUT2D eigenvalue weighted by atomic mass is 10.0. The number of benzene rings is 1. The number of hydrogen-bond acceptors (Lipinski definition) is 3. The van der Waals surface area contributed by atoms with Gasteiger partial charge in [-0.1, -0.05) is 0 Å². The Labute approximate surface area is 103 Å². The van der Waals surface area contributed by atoms with Gasteiger partial charge in [0.15, 0.2) is 0 Å². The molecule has 0 atom stereocenters. The van der Waals surface area contributed by atoms with E-state index in [2.05, 4.69) is 0 Å². The Kier molecular flexibility index (Phi) is 2.55. The number of hydrogen-bond donors (Lipinski definition) is 1. The third-order valence-electron chi connectivity index (χ3n) is 3.09. The van der Waals surface area contributed by atoms with Crippen molar-refractivity contribution in [2.75, 3.05) is 0 Å². The molecule has 3 rings (SSSR count). The van der Waals surface area contributed by atoms with Crippen molar-refractivity contribution < 1.29 is 18.7 Å². The average molecular weight is 244 g/mol. The minimum atomic E-state index is -0.773. The molecule has 2 aromatic heterocycles. The Bertz CT molecular complexity index is 656. The van der Waals surface area contributed by atoms with Crippen molar-refractivity contribution >= 4 is 27.9 Å². The van der Waals surface area contributed by atoms with Crippen molar-refractivity contribution in [2.45, 2.75) is 19.3 Å². The number of carboxylic acids is 1. The molecule has 4 nitrogen and oxygen atoms in total. The van der Waals surface area contributed by atoms with Gasteiger partial charge in [0.25, 0.3) is 0 Å². The Balaban J connectivity index is 2.06. The van der Waals surface area contributed by atoms with Gasteiger partial charge in [-0.05, 0) is 31.0 Å². The van der Waals surface area contributed by atoms with E-state index in [1.54, 1.807) is 12.5 Å². The minimum absolute atomic E-state index is 0.163. The van der Waals surface area contributed by atoms with Crippen molar-refractivity contribution in [2.24, 2.45) is 0 Å². The molecule has 0 fully saturated rings. The van der Waals surface area contributed by atoms with Crippen LogP contribution >= 0.6 is 0 Å². The van der Waals surface area contributed by atoms with Crippen LogP contribution in [0.4, 0.5) is 0 Å². The maximum Gasteiger partial charge on any atom is 0.303 e. The van der Waals surface area contributed by atoms with Gasteiger partial charge in [-0.3, -0.25) is 4.79 Å². The van der Waals surface area contributed by atoms with E-state index in [-0.39, 0.29) is 6.42 Å². The SMILES string of the molecule is O=C(O)CCCc1c2ccoc2cc2ccoc12. The first-order chi connectivity index (χ1) is 8.75. The predicted octanol–water partition coefficient (Wildman–Crippen LogP) is 3.59. The predicted molar refractivity (Wildman–Crippen MR) is 66.6 cm³/mol. The molecule has 0 radical (unpaired) electrons. The summed E-state index contributed by atoms with van der Waals surface area (Å²) < 4.78 is 10.9. The first-order valence-corrected chi connectivity index (χ1v) is 5.84. The highest BCUT2D eigenvalue weighted by Crippen LogP contribution is 2.31. The standard InChI is InChI=1S/C14H12O4/c15-13(16)3-1-2-11-10-5-7-17-12(10)8-9-4-6-18-14(9)11/h4-8H,1-3H2,(H,15,16). The maximum absolute atomic E-state index is 10.6. The molecule has 2 heterocycles. The van der Waals surface area contributed by atoms with E-state index < -0.39 is 5.97 Å². The minimum Gasteiger partial charge on any atom is -0.481 e. The highest BCUT2D eigenvalue weighted by molar-refractivity contribution is 5.97. The molecule has 0 spiro atoms. The van der Waals surface area contributed by atoms with Gasteiger partial charge in [-0.15, -0.1) is 0 Å². The van der Waals surface area contributed by atoms with Gasteiger partial charge in [-0.2, -0.15) is 0 Å². The fourth-order valence-electron chi connectivity index (χ4n) is 2.29. The number of carboxylic acid groups (broad SMARTS) is 1. The lowest BCUT2D eigenvalue weighted by molar-refractivity contribution is -0.137.